The molecule has 0 aliphatic carbocycles. The van der Waals surface area contributed by atoms with E-state index >= 15 is 0 Å². The van der Waals surface area contributed by atoms with Crippen LogP contribution in [0.5, 0.6) is 0 Å². The molecule has 1 amide bonds. The van der Waals surface area contributed by atoms with E-state index in [1.54, 1.807) is 12.4 Å². The zero-order valence-corrected chi connectivity index (χ0v) is 12.2. The van der Waals surface area contributed by atoms with Gasteiger partial charge in [-0.1, -0.05) is 24.3 Å². The molecule has 1 saturated heterocycles. The minimum Gasteiger partial charge on any atom is -0.361 e. The van der Waals surface area contributed by atoms with E-state index in [1.165, 1.54) is 5.56 Å². The summed E-state index contributed by atoms with van der Waals surface area (Å²) in [6.45, 7) is 0.730. The smallest absolute Gasteiger partial charge is 0.220 e. The van der Waals surface area contributed by atoms with Gasteiger partial charge in [-0.15, -0.1) is 0 Å². The molecule has 3 rings (SSSR count). The lowest BCUT2D eigenvalue weighted by molar-refractivity contribution is -0.119. The van der Waals surface area contributed by atoms with Crippen LogP contribution in [-0.2, 0) is 4.79 Å². The number of nitrogens with zero attached hydrogens (tertiary/aromatic N) is 3. The third-order valence-electron chi connectivity index (χ3n) is 3.74. The zero-order valence-electron chi connectivity index (χ0n) is 12.2. The Hall–Kier alpha value is -2.43. The predicted octanol–water partition coefficient (Wildman–Crippen LogP) is 1.81. The molecule has 2 aromatic rings. The van der Waals surface area contributed by atoms with Crippen molar-refractivity contribution in [1.82, 2.24) is 15.3 Å². The van der Waals surface area contributed by atoms with E-state index in [4.69, 9.17) is 0 Å². The highest BCUT2D eigenvalue weighted by Gasteiger charge is 2.22. The van der Waals surface area contributed by atoms with Gasteiger partial charge in [-0.25, -0.2) is 4.98 Å². The van der Waals surface area contributed by atoms with E-state index in [-0.39, 0.29) is 11.8 Å². The Morgan fingerprint density at radius 2 is 1.95 bits per heavy atom. The molecule has 108 valence electrons. The average molecular weight is 282 g/mol. The van der Waals surface area contributed by atoms with Crippen molar-refractivity contribution in [1.29, 1.82) is 0 Å². The van der Waals surface area contributed by atoms with Crippen molar-refractivity contribution >= 4 is 11.7 Å². The molecule has 1 aromatic heterocycles. The number of hydrogen-bond donors (Lipinski definition) is 1. The monoisotopic (exact) mass is 282 g/mol. The third-order valence-corrected chi connectivity index (χ3v) is 3.74. The predicted molar refractivity (Wildman–Crippen MR) is 82.2 cm³/mol. The zero-order chi connectivity index (χ0) is 14.8. The van der Waals surface area contributed by atoms with E-state index in [9.17, 15) is 4.79 Å². The van der Waals surface area contributed by atoms with Crippen LogP contribution in [0.25, 0.3) is 11.3 Å². The molecule has 5 heteroatoms. The molecule has 21 heavy (non-hydrogen) atoms. The van der Waals surface area contributed by atoms with E-state index in [2.05, 4.69) is 27.4 Å². The van der Waals surface area contributed by atoms with Crippen LogP contribution in [0.15, 0.2) is 36.7 Å². The molecule has 1 atom stereocenters. The van der Waals surface area contributed by atoms with E-state index in [0.29, 0.717) is 6.42 Å². The van der Waals surface area contributed by atoms with Gasteiger partial charge in [0.05, 0.1) is 18.1 Å². The largest absolute Gasteiger partial charge is 0.361 e. The first kappa shape index (κ1) is 13.5. The Kier molecular flexibility index (Phi) is 3.56. The maximum Gasteiger partial charge on any atom is 0.220 e. The number of amides is 1. The van der Waals surface area contributed by atoms with Crippen LogP contribution in [-0.4, -0.2) is 36.5 Å². The first-order valence-electron chi connectivity index (χ1n) is 7.00. The van der Waals surface area contributed by atoms with E-state index < -0.39 is 0 Å². The topological polar surface area (TPSA) is 58.1 Å². The molecule has 0 saturated carbocycles. The molecule has 1 N–H and O–H groups in total. The normalized spacial score (nSPS) is 17.6. The second-order valence-corrected chi connectivity index (χ2v) is 5.48. The Bertz CT molecular complexity index is 652. The summed E-state index contributed by atoms with van der Waals surface area (Å²) in [6.07, 6.45) is 4.09. The number of carbonyl (C=O) groups excluding carboxylic acids is 1. The summed E-state index contributed by atoms with van der Waals surface area (Å²) in [5.41, 5.74) is 3.08. The molecule has 1 aliphatic rings. The van der Waals surface area contributed by atoms with Crippen LogP contribution in [0.3, 0.4) is 0 Å². The van der Waals surface area contributed by atoms with Crippen LogP contribution >= 0.6 is 0 Å². The summed E-state index contributed by atoms with van der Waals surface area (Å²) < 4.78 is 0. The van der Waals surface area contributed by atoms with Crippen LogP contribution in [0.1, 0.15) is 17.9 Å². The van der Waals surface area contributed by atoms with Crippen molar-refractivity contribution in [2.75, 3.05) is 25.5 Å². The number of aromatic nitrogens is 2. The maximum absolute atomic E-state index is 11.3. The number of rotatable bonds is 3. The van der Waals surface area contributed by atoms with Crippen molar-refractivity contribution < 1.29 is 4.79 Å². The van der Waals surface area contributed by atoms with E-state index in [1.807, 2.05) is 31.1 Å². The number of hydrogen-bond acceptors (Lipinski definition) is 4. The van der Waals surface area contributed by atoms with Crippen LogP contribution in [0.2, 0.25) is 0 Å². The number of benzene rings is 1. The third kappa shape index (κ3) is 2.86. The van der Waals surface area contributed by atoms with Gasteiger partial charge in [0.25, 0.3) is 0 Å². The van der Waals surface area contributed by atoms with Gasteiger partial charge < -0.3 is 10.2 Å². The standard InChI is InChI=1S/C16H18N4O/c1-20(2)15-10-17-9-14(19-15)12-5-3-11(4-6-12)13-7-16(21)18-8-13/h3-6,9-10,13H,7-8H2,1-2H3,(H,18,21). The van der Waals surface area contributed by atoms with Crippen molar-refractivity contribution in [3.05, 3.63) is 42.2 Å². The van der Waals surface area contributed by atoms with Gasteiger partial charge in [-0.2, -0.15) is 0 Å². The molecule has 0 spiro atoms. The van der Waals surface area contributed by atoms with Crippen LogP contribution in [0.4, 0.5) is 5.82 Å². The van der Waals surface area contributed by atoms with Gasteiger partial charge in [0, 0.05) is 38.5 Å². The van der Waals surface area contributed by atoms with Gasteiger partial charge in [-0.05, 0) is 5.56 Å². The first-order valence-corrected chi connectivity index (χ1v) is 7.00. The summed E-state index contributed by atoms with van der Waals surface area (Å²) in [4.78, 5) is 22.0. The highest BCUT2D eigenvalue weighted by atomic mass is 16.1. The van der Waals surface area contributed by atoms with Gasteiger partial charge in [0.15, 0.2) is 0 Å². The number of nitrogens with one attached hydrogen (secondary N) is 1. The van der Waals surface area contributed by atoms with E-state index in [0.717, 1.165) is 23.6 Å². The summed E-state index contributed by atoms with van der Waals surface area (Å²) in [7, 11) is 3.89. The molecule has 1 fully saturated rings. The number of anilines is 1. The van der Waals surface area contributed by atoms with Gasteiger partial charge in [0.2, 0.25) is 5.91 Å². The molecular weight excluding hydrogens is 264 g/mol. The molecule has 0 radical (unpaired) electrons. The summed E-state index contributed by atoms with van der Waals surface area (Å²) in [5.74, 6) is 1.25. The minimum atomic E-state index is 0.133. The minimum absolute atomic E-state index is 0.133. The summed E-state index contributed by atoms with van der Waals surface area (Å²) in [6, 6.07) is 8.23. The molecule has 1 unspecified atom stereocenters. The molecule has 1 aliphatic heterocycles. The van der Waals surface area contributed by atoms with Crippen LogP contribution in [0, 0.1) is 0 Å². The average Bonchev–Trinajstić information content (AvgIpc) is 2.94. The van der Waals surface area contributed by atoms with Gasteiger partial charge >= 0.3 is 0 Å². The fourth-order valence-corrected chi connectivity index (χ4v) is 2.48. The van der Waals surface area contributed by atoms with Gasteiger partial charge in [-0.3, -0.25) is 9.78 Å². The lowest BCUT2D eigenvalue weighted by atomic mass is 9.97. The second-order valence-electron chi connectivity index (χ2n) is 5.48. The second kappa shape index (κ2) is 5.52. The fourth-order valence-electron chi connectivity index (χ4n) is 2.48. The Morgan fingerprint density at radius 1 is 1.19 bits per heavy atom. The SMILES string of the molecule is CN(C)c1cncc(-c2ccc(C3CNC(=O)C3)cc2)n1. The maximum atomic E-state index is 11.3. The van der Waals surface area contributed by atoms with Crippen molar-refractivity contribution in [3.63, 3.8) is 0 Å². The number of carbonyl (C=O) groups is 1. The van der Waals surface area contributed by atoms with Crippen molar-refractivity contribution in [3.8, 4) is 11.3 Å². The molecule has 1 aromatic carbocycles. The van der Waals surface area contributed by atoms with Crippen LogP contribution < -0.4 is 10.2 Å². The highest BCUT2D eigenvalue weighted by molar-refractivity contribution is 5.79. The van der Waals surface area contributed by atoms with Gasteiger partial charge in [0.1, 0.15) is 5.82 Å². The van der Waals surface area contributed by atoms with Crippen molar-refractivity contribution in [2.24, 2.45) is 0 Å². The lowest BCUT2D eigenvalue weighted by Gasteiger charge is -2.12. The Balaban J connectivity index is 1.84. The Labute approximate surface area is 124 Å². The van der Waals surface area contributed by atoms with Crippen molar-refractivity contribution in [2.45, 2.75) is 12.3 Å². The quantitative estimate of drug-likeness (QED) is 0.933. The summed E-state index contributed by atoms with van der Waals surface area (Å²) >= 11 is 0. The Morgan fingerprint density at radius 3 is 2.57 bits per heavy atom. The first-order chi connectivity index (χ1) is 10.1. The molecule has 2 heterocycles. The highest BCUT2D eigenvalue weighted by Crippen LogP contribution is 2.26. The lowest BCUT2D eigenvalue weighted by Crippen LogP contribution is -2.13. The molecular formula is C16H18N4O. The molecule has 5 nitrogen and oxygen atoms in total. The fraction of sp³-hybridized carbons (Fsp3) is 0.312. The summed E-state index contributed by atoms with van der Waals surface area (Å²) in [5, 5.41) is 2.87. The molecule has 0 bridgehead atoms.